The van der Waals surface area contributed by atoms with Crippen LogP contribution < -0.4 is 63.3 Å². The first-order chi connectivity index (χ1) is 43.0. The molecular formula is C60H65N25O3. The standard InChI is InChI=1S/C17H21N7.C15H16N6O.2C14H14N6O/c1-3-23(4-2)14-10-8-13(9-11-14)20-17-21-16(18)24(22-17)15-7-5-6-12-19-15;1-2-22-12-7-5-6-11(10-12)18-15-19-14(16)21(20-15)13-8-3-4-9-17-13;1-21-11-6-4-5-10(9-11)17-14-18-13(15)20(19-14)12-7-2-3-8-16-12;1-21-11-7-5-10(6-8-11)17-14-18-13(15)20(19-14)12-4-2-3-9-16-12/h5-12H,3-4H2,1-2H3,(H3,18,20,21,22);3-10H,2H2,1H3,(H3,16,18,19,20);2*2-9H,1H3,(H3,15,17,18,19). The molecule has 28 heteroatoms. The molecule has 12 aromatic rings. The average molecular weight is 1180 g/mol. The van der Waals surface area contributed by atoms with E-state index in [1.54, 1.807) is 45.1 Å². The van der Waals surface area contributed by atoms with Crippen molar-refractivity contribution in [2.45, 2.75) is 20.8 Å². The number of nitrogens with one attached hydrogen (secondary N) is 4. The van der Waals surface area contributed by atoms with Crippen LogP contribution in [0.2, 0.25) is 0 Å². The number of nitrogen functional groups attached to an aromatic ring is 4. The van der Waals surface area contributed by atoms with Crippen molar-refractivity contribution in [1.29, 1.82) is 0 Å². The minimum atomic E-state index is 0.263. The second kappa shape index (κ2) is 29.8. The Hall–Kier alpha value is -12.4. The van der Waals surface area contributed by atoms with Gasteiger partial charge in [0.1, 0.15) is 17.2 Å². The van der Waals surface area contributed by atoms with Gasteiger partial charge in [-0.15, -0.1) is 20.4 Å². The molecule has 28 nitrogen and oxygen atoms in total. The summed E-state index contributed by atoms with van der Waals surface area (Å²) < 4.78 is 21.7. The second-order valence-electron chi connectivity index (χ2n) is 18.2. The van der Waals surface area contributed by atoms with E-state index < -0.39 is 0 Å². The van der Waals surface area contributed by atoms with Gasteiger partial charge in [-0.3, -0.25) is 0 Å². The molecule has 0 amide bonds. The number of pyridine rings is 4. The fourth-order valence-electron chi connectivity index (χ4n) is 8.17. The molecule has 8 heterocycles. The zero-order chi connectivity index (χ0) is 61.6. The van der Waals surface area contributed by atoms with Gasteiger partial charge in [-0.1, -0.05) is 36.4 Å². The van der Waals surface area contributed by atoms with Crippen LogP contribution in [0, 0.1) is 0 Å². The zero-order valence-corrected chi connectivity index (χ0v) is 48.7. The molecule has 8 aromatic heterocycles. The lowest BCUT2D eigenvalue weighted by molar-refractivity contribution is 0.340. The van der Waals surface area contributed by atoms with E-state index in [9.17, 15) is 0 Å². The molecule has 448 valence electrons. The van der Waals surface area contributed by atoms with E-state index in [2.05, 4.69) is 112 Å². The van der Waals surface area contributed by atoms with Gasteiger partial charge >= 0.3 is 0 Å². The maximum atomic E-state index is 5.93. The molecule has 0 fully saturated rings. The van der Waals surface area contributed by atoms with Crippen LogP contribution in [0.3, 0.4) is 0 Å². The highest BCUT2D eigenvalue weighted by molar-refractivity contribution is 5.61. The van der Waals surface area contributed by atoms with Crippen LogP contribution in [0.5, 0.6) is 17.2 Å². The molecular weight excluding hydrogens is 1120 g/mol. The fraction of sp³-hybridized carbons (Fsp3) is 0.133. The summed E-state index contributed by atoms with van der Waals surface area (Å²) in [6, 6.07) is 52.7. The van der Waals surface area contributed by atoms with Crippen LogP contribution in [-0.2, 0) is 0 Å². The highest BCUT2D eigenvalue weighted by Crippen LogP contribution is 2.25. The Bertz CT molecular complexity index is 4050. The molecule has 0 spiro atoms. The molecule has 0 radical (unpaired) electrons. The molecule has 12 N–H and O–H groups in total. The number of nitrogens with two attached hydrogens (primary N) is 4. The predicted octanol–water partition coefficient (Wildman–Crippen LogP) is 9.21. The maximum absolute atomic E-state index is 5.93. The number of anilines is 13. The normalized spacial score (nSPS) is 10.4. The molecule has 0 atom stereocenters. The van der Waals surface area contributed by atoms with Gasteiger partial charge in [0, 0.05) is 78.4 Å². The van der Waals surface area contributed by atoms with E-state index in [1.165, 1.54) is 24.4 Å². The van der Waals surface area contributed by atoms with Gasteiger partial charge in [0.2, 0.25) is 47.6 Å². The largest absolute Gasteiger partial charge is 0.497 e. The summed E-state index contributed by atoms with van der Waals surface area (Å²) >= 11 is 0. The summed E-state index contributed by atoms with van der Waals surface area (Å²) in [5.41, 5.74) is 28.1. The van der Waals surface area contributed by atoms with Gasteiger partial charge in [0.15, 0.2) is 23.3 Å². The Morgan fingerprint density at radius 3 is 1.05 bits per heavy atom. The molecule has 0 saturated carbocycles. The highest BCUT2D eigenvalue weighted by atomic mass is 16.5. The Labute approximate surface area is 506 Å². The quantitative estimate of drug-likeness (QED) is 0.0374. The van der Waals surface area contributed by atoms with E-state index in [4.69, 9.17) is 37.1 Å². The molecule has 88 heavy (non-hydrogen) atoms. The monoisotopic (exact) mass is 1180 g/mol. The van der Waals surface area contributed by atoms with Crippen LogP contribution in [0.4, 0.5) is 76.0 Å². The second-order valence-corrected chi connectivity index (χ2v) is 18.2. The summed E-state index contributed by atoms with van der Waals surface area (Å²) in [5.74, 6) is 7.51. The van der Waals surface area contributed by atoms with Gasteiger partial charge < -0.3 is 63.3 Å². The number of ether oxygens (including phenoxy) is 3. The van der Waals surface area contributed by atoms with E-state index in [-0.39, 0.29) is 23.8 Å². The zero-order valence-electron chi connectivity index (χ0n) is 48.7. The lowest BCUT2D eigenvalue weighted by atomic mass is 10.2. The topological polar surface area (TPSA) is 358 Å². The SMILES string of the molecule is CCN(CC)c1ccc(Nc2nc(N)n(-c3ccccn3)n2)cc1.CCOc1cccc(Nc2nc(N)n(-c3ccccn3)n2)c1.COc1ccc(Nc2nc(N)n(-c3ccccn3)n2)cc1.COc1cccc(Nc2nc(N)n(-c3ccccn3)n2)c1. The van der Waals surface area contributed by atoms with Crippen LogP contribution in [0.25, 0.3) is 23.3 Å². The molecule has 0 saturated heterocycles. The Morgan fingerprint density at radius 1 is 0.375 bits per heavy atom. The van der Waals surface area contributed by atoms with Crippen LogP contribution >= 0.6 is 0 Å². The first kappa shape index (κ1) is 60.2. The number of aromatic nitrogens is 16. The smallest absolute Gasteiger partial charge is 0.248 e. The highest BCUT2D eigenvalue weighted by Gasteiger charge is 2.14. The summed E-state index contributed by atoms with van der Waals surface area (Å²) in [7, 11) is 3.24. The predicted molar refractivity (Wildman–Crippen MR) is 341 cm³/mol. The third-order valence-corrected chi connectivity index (χ3v) is 12.3. The van der Waals surface area contributed by atoms with Crippen molar-refractivity contribution in [3.8, 4) is 40.5 Å². The summed E-state index contributed by atoms with van der Waals surface area (Å²) in [6.07, 6.45) is 6.71. The first-order valence-corrected chi connectivity index (χ1v) is 27.5. The molecule has 0 unspecified atom stereocenters. The van der Waals surface area contributed by atoms with Crippen molar-refractivity contribution in [3.05, 3.63) is 195 Å². The third kappa shape index (κ3) is 16.2. The number of hydrogen-bond donors (Lipinski definition) is 8. The van der Waals surface area contributed by atoms with Crippen molar-refractivity contribution in [3.63, 3.8) is 0 Å². The van der Waals surface area contributed by atoms with Crippen LogP contribution in [-0.4, -0.2) is 113 Å². The third-order valence-electron chi connectivity index (χ3n) is 12.3. The van der Waals surface area contributed by atoms with Gasteiger partial charge in [-0.25, -0.2) is 19.9 Å². The van der Waals surface area contributed by atoms with Crippen LogP contribution in [0.1, 0.15) is 20.8 Å². The molecule has 0 aliphatic heterocycles. The number of benzene rings is 4. The summed E-state index contributed by atoms with van der Waals surface area (Å²) in [4.78, 5) is 35.9. The average Bonchev–Trinajstić information content (AvgIpc) is 4.45. The van der Waals surface area contributed by atoms with E-state index in [0.29, 0.717) is 53.7 Å². The number of hydrogen-bond acceptors (Lipinski definition) is 24. The van der Waals surface area contributed by atoms with Crippen molar-refractivity contribution in [1.82, 2.24) is 79.0 Å². The van der Waals surface area contributed by atoms with E-state index in [1.807, 2.05) is 159 Å². The minimum absolute atomic E-state index is 0.263. The Balaban J connectivity index is 0.000000140. The van der Waals surface area contributed by atoms with Crippen molar-refractivity contribution in [2.75, 3.05) is 83.0 Å². The Morgan fingerprint density at radius 2 is 0.716 bits per heavy atom. The van der Waals surface area contributed by atoms with E-state index in [0.717, 1.165) is 53.1 Å². The molecule has 0 aliphatic carbocycles. The van der Waals surface area contributed by atoms with E-state index >= 15 is 0 Å². The summed E-state index contributed by atoms with van der Waals surface area (Å²) in [5, 5.41) is 29.7. The lowest BCUT2D eigenvalue weighted by Crippen LogP contribution is -2.21. The number of nitrogens with zero attached hydrogens (tertiary/aromatic N) is 17. The van der Waals surface area contributed by atoms with Gasteiger partial charge in [0.25, 0.3) is 0 Å². The van der Waals surface area contributed by atoms with Gasteiger partial charge in [-0.05, 0) is 142 Å². The molecule has 0 aliphatic rings. The number of rotatable bonds is 19. The molecule has 4 aromatic carbocycles. The van der Waals surface area contributed by atoms with Crippen molar-refractivity contribution < 1.29 is 14.2 Å². The lowest BCUT2D eigenvalue weighted by Gasteiger charge is -2.21. The minimum Gasteiger partial charge on any atom is -0.497 e. The maximum Gasteiger partial charge on any atom is 0.248 e. The van der Waals surface area contributed by atoms with Crippen LogP contribution in [0.15, 0.2) is 195 Å². The Kier molecular flexibility index (Phi) is 20.4. The van der Waals surface area contributed by atoms with Gasteiger partial charge in [0.05, 0.1) is 20.8 Å². The number of methoxy groups -OCH3 is 2. The molecule has 12 rings (SSSR count). The molecule has 0 bridgehead atoms. The first-order valence-electron chi connectivity index (χ1n) is 27.5. The fourth-order valence-corrected chi connectivity index (χ4v) is 8.17. The van der Waals surface area contributed by atoms with Gasteiger partial charge in [-0.2, -0.15) is 38.7 Å². The van der Waals surface area contributed by atoms with Crippen molar-refractivity contribution >= 4 is 76.0 Å². The summed E-state index contributed by atoms with van der Waals surface area (Å²) in [6.45, 7) is 8.81. The van der Waals surface area contributed by atoms with Crippen molar-refractivity contribution in [2.24, 2.45) is 0 Å².